The number of rotatable bonds is 3. The monoisotopic (exact) mass is 151 g/mol. The van der Waals surface area contributed by atoms with E-state index in [1.54, 1.807) is 6.20 Å². The van der Waals surface area contributed by atoms with Crippen LogP contribution in [-0.4, -0.2) is 9.78 Å². The molecule has 1 rings (SSSR count). The van der Waals surface area contributed by atoms with Crippen LogP contribution < -0.4 is 5.73 Å². The molecule has 11 heavy (non-hydrogen) atoms. The van der Waals surface area contributed by atoms with Crippen LogP contribution in [0.4, 0.5) is 0 Å². The molecule has 0 unspecified atom stereocenters. The molecule has 0 radical (unpaired) electrons. The van der Waals surface area contributed by atoms with E-state index in [-0.39, 0.29) is 0 Å². The van der Waals surface area contributed by atoms with Gasteiger partial charge in [0.15, 0.2) is 0 Å². The van der Waals surface area contributed by atoms with E-state index in [1.165, 1.54) is 0 Å². The first kappa shape index (κ1) is 8.01. The Balaban J connectivity index is 2.65. The first-order chi connectivity index (χ1) is 5.22. The summed E-state index contributed by atoms with van der Waals surface area (Å²) in [5.74, 6) is 0. The highest BCUT2D eigenvalue weighted by molar-refractivity contribution is 5.04. The second-order valence-corrected chi connectivity index (χ2v) is 2.71. The highest BCUT2D eigenvalue weighted by Gasteiger charge is 1.94. The maximum Gasteiger partial charge on any atom is 0.0614 e. The minimum Gasteiger partial charge on any atom is -0.326 e. The van der Waals surface area contributed by atoms with Crippen molar-refractivity contribution < 1.29 is 0 Å². The minimum atomic E-state index is 0.552. The highest BCUT2D eigenvalue weighted by atomic mass is 15.3. The summed E-state index contributed by atoms with van der Waals surface area (Å²) in [4.78, 5) is 0. The van der Waals surface area contributed by atoms with Crippen molar-refractivity contribution in [3.05, 3.63) is 30.1 Å². The zero-order valence-electron chi connectivity index (χ0n) is 6.75. The van der Waals surface area contributed by atoms with Crippen molar-refractivity contribution in [2.75, 3.05) is 0 Å². The fraction of sp³-hybridized carbons (Fsp3) is 0.375. The lowest BCUT2D eigenvalue weighted by Crippen LogP contribution is -1.98. The number of aromatic nitrogens is 2. The molecule has 2 N–H and O–H groups in total. The van der Waals surface area contributed by atoms with E-state index in [1.807, 2.05) is 17.8 Å². The molecule has 60 valence electrons. The Kier molecular flexibility index (Phi) is 2.44. The standard InChI is InChI=1S/C8H13N3/c1-7(2)5-11-6-8(3-9)4-10-11/h4,6H,1,3,5,9H2,2H3. The Morgan fingerprint density at radius 2 is 2.55 bits per heavy atom. The largest absolute Gasteiger partial charge is 0.326 e. The average molecular weight is 151 g/mol. The van der Waals surface area contributed by atoms with Crippen molar-refractivity contribution in [1.82, 2.24) is 9.78 Å². The van der Waals surface area contributed by atoms with Gasteiger partial charge in [-0.25, -0.2) is 0 Å². The summed E-state index contributed by atoms with van der Waals surface area (Å²) in [7, 11) is 0. The summed E-state index contributed by atoms with van der Waals surface area (Å²) in [5.41, 5.74) is 7.57. The van der Waals surface area contributed by atoms with E-state index in [9.17, 15) is 0 Å². The van der Waals surface area contributed by atoms with Crippen LogP contribution in [0.3, 0.4) is 0 Å². The van der Waals surface area contributed by atoms with Gasteiger partial charge in [0, 0.05) is 18.3 Å². The molecule has 0 bridgehead atoms. The van der Waals surface area contributed by atoms with Crippen molar-refractivity contribution in [2.24, 2.45) is 5.73 Å². The molecule has 0 atom stereocenters. The maximum atomic E-state index is 5.42. The molecule has 1 heterocycles. The maximum absolute atomic E-state index is 5.42. The van der Waals surface area contributed by atoms with E-state index in [4.69, 9.17) is 5.73 Å². The van der Waals surface area contributed by atoms with Gasteiger partial charge in [0.05, 0.1) is 12.7 Å². The van der Waals surface area contributed by atoms with E-state index in [2.05, 4.69) is 11.7 Å². The summed E-state index contributed by atoms with van der Waals surface area (Å²) in [5, 5.41) is 4.10. The first-order valence-electron chi connectivity index (χ1n) is 3.58. The fourth-order valence-electron chi connectivity index (χ4n) is 0.875. The van der Waals surface area contributed by atoms with Crippen LogP contribution in [0.2, 0.25) is 0 Å². The molecule has 0 aliphatic heterocycles. The van der Waals surface area contributed by atoms with Crippen molar-refractivity contribution in [3.8, 4) is 0 Å². The molecule has 0 aliphatic carbocycles. The topological polar surface area (TPSA) is 43.8 Å². The van der Waals surface area contributed by atoms with Crippen LogP contribution >= 0.6 is 0 Å². The molecule has 3 nitrogen and oxygen atoms in total. The lowest BCUT2D eigenvalue weighted by atomic mass is 10.3. The van der Waals surface area contributed by atoms with Gasteiger partial charge in [-0.3, -0.25) is 4.68 Å². The number of hydrogen-bond acceptors (Lipinski definition) is 2. The summed E-state index contributed by atoms with van der Waals surface area (Å²) in [6, 6.07) is 0. The zero-order valence-corrected chi connectivity index (χ0v) is 6.75. The summed E-state index contributed by atoms with van der Waals surface area (Å²) >= 11 is 0. The predicted octanol–water partition coefficient (Wildman–Crippen LogP) is 0.918. The third kappa shape index (κ3) is 2.20. The van der Waals surface area contributed by atoms with Gasteiger partial charge in [-0.2, -0.15) is 5.10 Å². The van der Waals surface area contributed by atoms with Gasteiger partial charge >= 0.3 is 0 Å². The Bertz CT molecular complexity index is 250. The van der Waals surface area contributed by atoms with Crippen LogP contribution in [0.15, 0.2) is 24.5 Å². The second-order valence-electron chi connectivity index (χ2n) is 2.71. The van der Waals surface area contributed by atoms with Crippen molar-refractivity contribution in [1.29, 1.82) is 0 Å². The van der Waals surface area contributed by atoms with E-state index >= 15 is 0 Å². The average Bonchev–Trinajstić information content (AvgIpc) is 2.34. The second kappa shape index (κ2) is 3.34. The van der Waals surface area contributed by atoms with Gasteiger partial charge < -0.3 is 5.73 Å². The molecular weight excluding hydrogens is 138 g/mol. The van der Waals surface area contributed by atoms with Gasteiger partial charge in [0.2, 0.25) is 0 Å². The van der Waals surface area contributed by atoms with Crippen LogP contribution in [-0.2, 0) is 13.1 Å². The molecule has 1 aromatic rings. The van der Waals surface area contributed by atoms with Crippen LogP contribution in [0.1, 0.15) is 12.5 Å². The molecule has 0 spiro atoms. The normalized spacial score (nSPS) is 10.0. The van der Waals surface area contributed by atoms with Crippen LogP contribution in [0, 0.1) is 0 Å². The molecule has 0 aliphatic rings. The summed E-state index contributed by atoms with van der Waals surface area (Å²) < 4.78 is 1.84. The van der Waals surface area contributed by atoms with Gasteiger partial charge in [-0.1, -0.05) is 12.2 Å². The molecule has 0 saturated heterocycles. The SMILES string of the molecule is C=C(C)Cn1cc(CN)cn1. The number of allylic oxidation sites excluding steroid dienone is 1. The molecule has 0 saturated carbocycles. The van der Waals surface area contributed by atoms with Crippen molar-refractivity contribution >= 4 is 0 Å². The molecule has 0 aromatic carbocycles. The molecular formula is C8H13N3. The van der Waals surface area contributed by atoms with Gasteiger partial charge in [-0.05, 0) is 6.92 Å². The van der Waals surface area contributed by atoms with Gasteiger partial charge in [0.1, 0.15) is 0 Å². The lowest BCUT2D eigenvalue weighted by molar-refractivity contribution is 0.678. The minimum absolute atomic E-state index is 0.552. The molecule has 3 heteroatoms. The molecule has 0 amide bonds. The zero-order chi connectivity index (χ0) is 8.27. The van der Waals surface area contributed by atoms with Crippen LogP contribution in [0.5, 0.6) is 0 Å². The van der Waals surface area contributed by atoms with Crippen molar-refractivity contribution in [2.45, 2.75) is 20.0 Å². The first-order valence-corrected chi connectivity index (χ1v) is 3.58. The van der Waals surface area contributed by atoms with Crippen LogP contribution in [0.25, 0.3) is 0 Å². The Labute approximate surface area is 66.5 Å². The summed E-state index contributed by atoms with van der Waals surface area (Å²) in [6.07, 6.45) is 3.72. The summed E-state index contributed by atoms with van der Waals surface area (Å²) in [6.45, 7) is 7.10. The number of hydrogen-bond donors (Lipinski definition) is 1. The number of nitrogens with zero attached hydrogens (tertiary/aromatic N) is 2. The quantitative estimate of drug-likeness (QED) is 0.653. The van der Waals surface area contributed by atoms with E-state index in [0.717, 1.165) is 17.7 Å². The number of nitrogens with two attached hydrogens (primary N) is 1. The fourth-order valence-corrected chi connectivity index (χ4v) is 0.875. The van der Waals surface area contributed by atoms with Crippen molar-refractivity contribution in [3.63, 3.8) is 0 Å². The van der Waals surface area contributed by atoms with E-state index < -0.39 is 0 Å². The Morgan fingerprint density at radius 1 is 1.82 bits per heavy atom. The van der Waals surface area contributed by atoms with Gasteiger partial charge in [-0.15, -0.1) is 0 Å². The third-order valence-corrected chi connectivity index (χ3v) is 1.35. The lowest BCUT2D eigenvalue weighted by Gasteiger charge is -1.97. The van der Waals surface area contributed by atoms with E-state index in [0.29, 0.717) is 6.54 Å². The Hall–Kier alpha value is -1.09. The molecule has 1 aromatic heterocycles. The predicted molar refractivity (Wildman–Crippen MR) is 44.9 cm³/mol. The molecule has 0 fully saturated rings. The smallest absolute Gasteiger partial charge is 0.0614 e. The Morgan fingerprint density at radius 3 is 3.00 bits per heavy atom. The third-order valence-electron chi connectivity index (χ3n) is 1.35. The van der Waals surface area contributed by atoms with Gasteiger partial charge in [0.25, 0.3) is 0 Å². The highest BCUT2D eigenvalue weighted by Crippen LogP contribution is 1.98.